The van der Waals surface area contributed by atoms with Gasteiger partial charge in [-0.25, -0.2) is 0 Å². The standard InChI is InChI=1S/C13H22O3/c1-3-4-5-8-11-12(16-11)9-6-7-10-13(14)15-2/h6-7,11-12H,3-5,8-10H2,1-2H3. The molecule has 0 bridgehead atoms. The molecule has 0 aliphatic carbocycles. The Hall–Kier alpha value is -0.830. The summed E-state index contributed by atoms with van der Waals surface area (Å²) in [5.74, 6) is -0.188. The molecule has 0 radical (unpaired) electrons. The quantitative estimate of drug-likeness (QED) is 0.276. The summed E-state index contributed by atoms with van der Waals surface area (Å²) >= 11 is 0. The summed E-state index contributed by atoms with van der Waals surface area (Å²) in [5, 5.41) is 0. The number of methoxy groups -OCH3 is 1. The van der Waals surface area contributed by atoms with Crippen LogP contribution in [0.5, 0.6) is 0 Å². The largest absolute Gasteiger partial charge is 0.469 e. The lowest BCUT2D eigenvalue weighted by Crippen LogP contribution is -1.97. The molecule has 1 heterocycles. The van der Waals surface area contributed by atoms with Crippen LogP contribution in [0.2, 0.25) is 0 Å². The van der Waals surface area contributed by atoms with E-state index in [2.05, 4.69) is 11.7 Å². The smallest absolute Gasteiger partial charge is 0.309 e. The Kier molecular flexibility index (Phi) is 6.16. The van der Waals surface area contributed by atoms with Crippen molar-refractivity contribution in [1.82, 2.24) is 0 Å². The van der Waals surface area contributed by atoms with Crippen molar-refractivity contribution < 1.29 is 14.3 Å². The number of carbonyl (C=O) groups is 1. The van der Waals surface area contributed by atoms with E-state index in [-0.39, 0.29) is 5.97 Å². The van der Waals surface area contributed by atoms with Gasteiger partial charge >= 0.3 is 5.97 Å². The summed E-state index contributed by atoms with van der Waals surface area (Å²) in [6.45, 7) is 2.21. The number of esters is 1. The Bertz CT molecular complexity index is 235. The van der Waals surface area contributed by atoms with Crippen LogP contribution in [0.3, 0.4) is 0 Å². The molecule has 92 valence electrons. The number of hydrogen-bond acceptors (Lipinski definition) is 3. The van der Waals surface area contributed by atoms with Gasteiger partial charge in [0.1, 0.15) is 0 Å². The van der Waals surface area contributed by atoms with E-state index in [1.165, 1.54) is 32.8 Å². The van der Waals surface area contributed by atoms with Gasteiger partial charge in [0.05, 0.1) is 25.7 Å². The average molecular weight is 226 g/mol. The summed E-state index contributed by atoms with van der Waals surface area (Å²) in [5.41, 5.74) is 0. The topological polar surface area (TPSA) is 38.8 Å². The molecule has 0 aromatic carbocycles. The van der Waals surface area contributed by atoms with Crippen LogP contribution in [0.25, 0.3) is 0 Å². The van der Waals surface area contributed by atoms with Gasteiger partial charge in [-0.3, -0.25) is 4.79 Å². The van der Waals surface area contributed by atoms with Gasteiger partial charge in [-0.2, -0.15) is 0 Å². The Morgan fingerprint density at radius 3 is 2.81 bits per heavy atom. The maximum Gasteiger partial charge on any atom is 0.309 e. The second-order valence-corrected chi connectivity index (χ2v) is 4.20. The molecular weight excluding hydrogens is 204 g/mol. The van der Waals surface area contributed by atoms with Crippen molar-refractivity contribution in [1.29, 1.82) is 0 Å². The van der Waals surface area contributed by atoms with E-state index < -0.39 is 0 Å². The minimum absolute atomic E-state index is 0.188. The molecule has 0 N–H and O–H groups in total. The summed E-state index contributed by atoms with van der Waals surface area (Å²) in [7, 11) is 1.41. The zero-order valence-corrected chi connectivity index (χ0v) is 10.3. The Morgan fingerprint density at radius 1 is 1.31 bits per heavy atom. The lowest BCUT2D eigenvalue weighted by molar-refractivity contribution is -0.139. The van der Waals surface area contributed by atoms with E-state index in [1.54, 1.807) is 0 Å². The van der Waals surface area contributed by atoms with Crippen LogP contribution in [0, 0.1) is 0 Å². The number of unbranched alkanes of at least 4 members (excludes halogenated alkanes) is 2. The monoisotopic (exact) mass is 226 g/mol. The third-order valence-corrected chi connectivity index (χ3v) is 2.83. The van der Waals surface area contributed by atoms with Crippen LogP contribution in [0.15, 0.2) is 12.2 Å². The molecule has 3 nitrogen and oxygen atoms in total. The molecule has 3 heteroatoms. The maximum atomic E-state index is 10.8. The minimum Gasteiger partial charge on any atom is -0.469 e. The van der Waals surface area contributed by atoms with Crippen LogP contribution in [0.4, 0.5) is 0 Å². The minimum atomic E-state index is -0.188. The van der Waals surface area contributed by atoms with Crippen molar-refractivity contribution in [3.8, 4) is 0 Å². The molecule has 0 spiro atoms. The van der Waals surface area contributed by atoms with E-state index in [0.717, 1.165) is 6.42 Å². The van der Waals surface area contributed by atoms with Crippen LogP contribution >= 0.6 is 0 Å². The van der Waals surface area contributed by atoms with Crippen LogP contribution < -0.4 is 0 Å². The molecule has 16 heavy (non-hydrogen) atoms. The molecule has 1 saturated heterocycles. The Balaban J connectivity index is 1.97. The average Bonchev–Trinajstić information content (AvgIpc) is 3.03. The highest BCUT2D eigenvalue weighted by Crippen LogP contribution is 2.30. The molecule has 1 aliphatic heterocycles. The molecule has 1 aliphatic rings. The number of ether oxygens (including phenoxy) is 2. The van der Waals surface area contributed by atoms with Gasteiger partial charge in [0.15, 0.2) is 0 Å². The predicted molar refractivity (Wildman–Crippen MR) is 63.2 cm³/mol. The molecule has 0 saturated carbocycles. The van der Waals surface area contributed by atoms with Gasteiger partial charge in [0.25, 0.3) is 0 Å². The predicted octanol–water partition coefficient (Wildman–Crippen LogP) is 2.84. The Morgan fingerprint density at radius 2 is 2.12 bits per heavy atom. The second kappa shape index (κ2) is 7.44. The maximum absolute atomic E-state index is 10.8. The summed E-state index contributed by atoms with van der Waals surface area (Å²) in [6.07, 6.45) is 11.0. The first kappa shape index (κ1) is 13.2. The fourth-order valence-corrected chi connectivity index (χ4v) is 1.73. The summed E-state index contributed by atoms with van der Waals surface area (Å²) in [4.78, 5) is 10.8. The van der Waals surface area contributed by atoms with E-state index in [0.29, 0.717) is 18.6 Å². The number of rotatable bonds is 8. The van der Waals surface area contributed by atoms with Gasteiger partial charge < -0.3 is 9.47 Å². The zero-order chi connectivity index (χ0) is 11.8. The van der Waals surface area contributed by atoms with E-state index in [1.807, 2.05) is 12.2 Å². The molecule has 1 rings (SSSR count). The van der Waals surface area contributed by atoms with Gasteiger partial charge in [-0.15, -0.1) is 0 Å². The highest BCUT2D eigenvalue weighted by molar-refractivity contribution is 5.70. The van der Waals surface area contributed by atoms with Crippen molar-refractivity contribution in [2.45, 2.75) is 57.7 Å². The molecular formula is C13H22O3. The highest BCUT2D eigenvalue weighted by Gasteiger charge is 2.36. The first-order chi connectivity index (χ1) is 7.77. The van der Waals surface area contributed by atoms with Crippen molar-refractivity contribution >= 4 is 5.97 Å². The third kappa shape index (κ3) is 5.31. The molecule has 0 aromatic heterocycles. The number of hydrogen-bond donors (Lipinski definition) is 0. The molecule has 0 aromatic rings. The third-order valence-electron chi connectivity index (χ3n) is 2.83. The fourth-order valence-electron chi connectivity index (χ4n) is 1.73. The first-order valence-corrected chi connectivity index (χ1v) is 6.15. The van der Waals surface area contributed by atoms with Crippen molar-refractivity contribution in [2.24, 2.45) is 0 Å². The van der Waals surface area contributed by atoms with Gasteiger partial charge in [0.2, 0.25) is 0 Å². The van der Waals surface area contributed by atoms with Crippen LogP contribution in [0.1, 0.15) is 45.4 Å². The van der Waals surface area contributed by atoms with E-state index in [9.17, 15) is 4.79 Å². The SMILES string of the molecule is CCCCCC1OC1CC=CCC(=O)OC. The number of epoxide rings is 1. The second-order valence-electron chi connectivity index (χ2n) is 4.20. The fraction of sp³-hybridized carbons (Fsp3) is 0.769. The van der Waals surface area contributed by atoms with Crippen molar-refractivity contribution in [3.05, 3.63) is 12.2 Å². The summed E-state index contributed by atoms with van der Waals surface area (Å²) < 4.78 is 10.1. The molecule has 2 atom stereocenters. The summed E-state index contributed by atoms with van der Waals surface area (Å²) in [6, 6.07) is 0. The van der Waals surface area contributed by atoms with E-state index >= 15 is 0 Å². The van der Waals surface area contributed by atoms with Gasteiger partial charge in [-0.05, 0) is 12.8 Å². The van der Waals surface area contributed by atoms with Crippen molar-refractivity contribution in [3.63, 3.8) is 0 Å². The first-order valence-electron chi connectivity index (χ1n) is 6.15. The molecule has 0 amide bonds. The van der Waals surface area contributed by atoms with Gasteiger partial charge in [-0.1, -0.05) is 38.3 Å². The molecule has 1 fully saturated rings. The lowest BCUT2D eigenvalue weighted by Gasteiger charge is -1.93. The Labute approximate surface area is 97.8 Å². The van der Waals surface area contributed by atoms with Crippen molar-refractivity contribution in [2.75, 3.05) is 7.11 Å². The highest BCUT2D eigenvalue weighted by atomic mass is 16.6. The van der Waals surface area contributed by atoms with Crippen LogP contribution in [-0.2, 0) is 14.3 Å². The number of carbonyl (C=O) groups excluding carboxylic acids is 1. The van der Waals surface area contributed by atoms with E-state index in [4.69, 9.17) is 4.74 Å². The lowest BCUT2D eigenvalue weighted by atomic mass is 10.1. The molecule has 2 unspecified atom stereocenters. The zero-order valence-electron chi connectivity index (χ0n) is 10.3. The van der Waals surface area contributed by atoms with Crippen LogP contribution in [-0.4, -0.2) is 25.3 Å². The normalized spacial score (nSPS) is 23.6. The van der Waals surface area contributed by atoms with Gasteiger partial charge in [0, 0.05) is 0 Å².